The maximum atomic E-state index is 12.1. The smallest absolute Gasteiger partial charge is 0.239 e. The summed E-state index contributed by atoms with van der Waals surface area (Å²) in [6, 6.07) is 6.94. The summed E-state index contributed by atoms with van der Waals surface area (Å²) in [5.41, 5.74) is 1.41. The second-order valence-electron chi connectivity index (χ2n) is 4.53. The Kier molecular flexibility index (Phi) is 6.50. The molecule has 0 heterocycles. The number of nitriles is 1. The zero-order chi connectivity index (χ0) is 15.1. The number of halogens is 1. The summed E-state index contributed by atoms with van der Waals surface area (Å²) in [6.45, 7) is 7.69. The number of carbonyl (C=O) groups is 1. The molecule has 4 nitrogen and oxygen atoms in total. The Morgan fingerprint density at radius 1 is 1.45 bits per heavy atom. The quantitative estimate of drug-likeness (QED) is 0.877. The number of benzene rings is 1. The molecule has 5 heteroatoms. The van der Waals surface area contributed by atoms with Crippen molar-refractivity contribution in [1.29, 1.82) is 5.26 Å². The average molecular weight is 294 g/mol. The molecule has 0 fully saturated rings. The third-order valence-corrected chi connectivity index (χ3v) is 3.58. The second kappa shape index (κ2) is 7.88. The van der Waals surface area contributed by atoms with E-state index in [9.17, 15) is 4.79 Å². The van der Waals surface area contributed by atoms with Crippen molar-refractivity contribution >= 4 is 17.5 Å². The molecule has 0 saturated carbocycles. The SMILES string of the molecule is CCN(CC)C(=O)C(C)NCc1ccc(C#N)cc1Cl. The minimum absolute atomic E-state index is 0.0831. The van der Waals surface area contributed by atoms with Crippen LogP contribution in [-0.4, -0.2) is 29.9 Å². The van der Waals surface area contributed by atoms with E-state index in [-0.39, 0.29) is 11.9 Å². The molecule has 108 valence electrons. The fourth-order valence-corrected chi connectivity index (χ4v) is 2.17. The first-order valence-corrected chi connectivity index (χ1v) is 7.11. The van der Waals surface area contributed by atoms with Gasteiger partial charge >= 0.3 is 0 Å². The lowest BCUT2D eigenvalue weighted by Gasteiger charge is -2.23. The molecule has 1 aromatic carbocycles. The van der Waals surface area contributed by atoms with E-state index in [2.05, 4.69) is 5.32 Å². The lowest BCUT2D eigenvalue weighted by atomic mass is 10.1. The minimum Gasteiger partial charge on any atom is -0.342 e. The zero-order valence-electron chi connectivity index (χ0n) is 12.1. The Morgan fingerprint density at radius 3 is 2.60 bits per heavy atom. The fraction of sp³-hybridized carbons (Fsp3) is 0.467. The molecule has 0 aliphatic rings. The first kappa shape index (κ1) is 16.5. The van der Waals surface area contributed by atoms with Gasteiger partial charge in [-0.1, -0.05) is 17.7 Å². The molecule has 1 amide bonds. The van der Waals surface area contributed by atoms with Crippen molar-refractivity contribution in [3.8, 4) is 6.07 Å². The molecule has 0 aliphatic heterocycles. The van der Waals surface area contributed by atoms with E-state index >= 15 is 0 Å². The van der Waals surface area contributed by atoms with E-state index in [1.807, 2.05) is 32.9 Å². The van der Waals surface area contributed by atoms with Crippen LogP contribution in [0.25, 0.3) is 0 Å². The number of nitrogens with one attached hydrogen (secondary N) is 1. The highest BCUT2D eigenvalue weighted by molar-refractivity contribution is 6.31. The molecule has 0 spiro atoms. The van der Waals surface area contributed by atoms with E-state index < -0.39 is 0 Å². The van der Waals surface area contributed by atoms with Crippen LogP contribution in [0.1, 0.15) is 31.9 Å². The van der Waals surface area contributed by atoms with E-state index in [0.717, 1.165) is 5.56 Å². The Balaban J connectivity index is 2.63. The number of hydrogen-bond donors (Lipinski definition) is 1. The van der Waals surface area contributed by atoms with Crippen LogP contribution in [0.15, 0.2) is 18.2 Å². The number of rotatable bonds is 6. The maximum absolute atomic E-state index is 12.1. The first-order chi connectivity index (χ1) is 9.53. The van der Waals surface area contributed by atoms with Gasteiger partial charge in [0.15, 0.2) is 0 Å². The van der Waals surface area contributed by atoms with Crippen LogP contribution >= 0.6 is 11.6 Å². The maximum Gasteiger partial charge on any atom is 0.239 e. The molecule has 1 N–H and O–H groups in total. The highest BCUT2D eigenvalue weighted by Crippen LogP contribution is 2.17. The van der Waals surface area contributed by atoms with Gasteiger partial charge in [-0.25, -0.2) is 0 Å². The highest BCUT2D eigenvalue weighted by Gasteiger charge is 2.17. The average Bonchev–Trinajstić information content (AvgIpc) is 2.46. The number of nitrogens with zero attached hydrogens (tertiary/aromatic N) is 2. The van der Waals surface area contributed by atoms with Gasteiger partial charge in [0.25, 0.3) is 0 Å². The summed E-state index contributed by atoms with van der Waals surface area (Å²) in [5, 5.41) is 12.5. The molecule has 0 radical (unpaired) electrons. The molecule has 1 aromatic rings. The molecule has 0 aromatic heterocycles. The van der Waals surface area contributed by atoms with Crippen LogP contribution < -0.4 is 5.32 Å². The molecular formula is C15H20ClN3O. The van der Waals surface area contributed by atoms with Crippen molar-refractivity contribution in [1.82, 2.24) is 10.2 Å². The second-order valence-corrected chi connectivity index (χ2v) is 4.94. The lowest BCUT2D eigenvalue weighted by molar-refractivity contribution is -0.132. The van der Waals surface area contributed by atoms with Crippen molar-refractivity contribution < 1.29 is 4.79 Å². The molecule has 0 bridgehead atoms. The molecule has 0 saturated heterocycles. The predicted octanol–water partition coefficient (Wildman–Crippen LogP) is 2.56. The van der Waals surface area contributed by atoms with Gasteiger partial charge in [-0.2, -0.15) is 5.26 Å². The summed E-state index contributed by atoms with van der Waals surface area (Å²) in [7, 11) is 0. The molecule has 1 atom stereocenters. The van der Waals surface area contributed by atoms with Gasteiger partial charge in [-0.15, -0.1) is 0 Å². The van der Waals surface area contributed by atoms with E-state index in [1.165, 1.54) is 0 Å². The summed E-state index contributed by atoms with van der Waals surface area (Å²) in [6.07, 6.45) is 0. The van der Waals surface area contributed by atoms with E-state index in [0.29, 0.717) is 30.2 Å². The van der Waals surface area contributed by atoms with E-state index in [4.69, 9.17) is 16.9 Å². The van der Waals surface area contributed by atoms with E-state index in [1.54, 1.807) is 17.0 Å². The number of hydrogen-bond acceptors (Lipinski definition) is 3. The van der Waals surface area contributed by atoms with Gasteiger partial charge in [-0.05, 0) is 38.5 Å². The zero-order valence-corrected chi connectivity index (χ0v) is 12.9. The number of amides is 1. The Hall–Kier alpha value is -1.57. The monoisotopic (exact) mass is 293 g/mol. The third kappa shape index (κ3) is 4.22. The largest absolute Gasteiger partial charge is 0.342 e. The standard InChI is InChI=1S/C15H20ClN3O/c1-4-19(5-2)15(20)11(3)18-10-13-7-6-12(9-17)8-14(13)16/h6-8,11,18H,4-5,10H2,1-3H3. The summed E-state index contributed by atoms with van der Waals surface area (Å²) >= 11 is 6.10. The van der Waals surface area contributed by atoms with Gasteiger partial charge in [-0.3, -0.25) is 4.79 Å². The Labute approximate surface area is 125 Å². The predicted molar refractivity (Wildman–Crippen MR) is 80.4 cm³/mol. The first-order valence-electron chi connectivity index (χ1n) is 6.74. The summed E-state index contributed by atoms with van der Waals surface area (Å²) in [4.78, 5) is 13.9. The minimum atomic E-state index is -0.262. The number of carbonyl (C=O) groups excluding carboxylic acids is 1. The summed E-state index contributed by atoms with van der Waals surface area (Å²) < 4.78 is 0. The Bertz CT molecular complexity index is 506. The van der Waals surface area contributed by atoms with Crippen LogP contribution in [0.3, 0.4) is 0 Å². The third-order valence-electron chi connectivity index (χ3n) is 3.23. The molecule has 1 unspecified atom stereocenters. The van der Waals surface area contributed by atoms with Crippen LogP contribution in [0.2, 0.25) is 5.02 Å². The molecule has 1 rings (SSSR count). The van der Waals surface area contributed by atoms with Crippen LogP contribution in [0.5, 0.6) is 0 Å². The normalized spacial score (nSPS) is 11.8. The summed E-state index contributed by atoms with van der Waals surface area (Å²) in [5.74, 6) is 0.0831. The number of likely N-dealkylation sites (N-methyl/N-ethyl adjacent to an activating group) is 1. The van der Waals surface area contributed by atoms with Crippen LogP contribution in [-0.2, 0) is 11.3 Å². The molecular weight excluding hydrogens is 274 g/mol. The van der Waals surface area contributed by atoms with Crippen molar-refractivity contribution in [2.75, 3.05) is 13.1 Å². The van der Waals surface area contributed by atoms with Crippen molar-refractivity contribution in [3.05, 3.63) is 34.3 Å². The van der Waals surface area contributed by atoms with Crippen molar-refractivity contribution in [2.45, 2.75) is 33.4 Å². The van der Waals surface area contributed by atoms with Gasteiger partial charge in [0.1, 0.15) is 0 Å². The lowest BCUT2D eigenvalue weighted by Crippen LogP contribution is -2.44. The van der Waals surface area contributed by atoms with Crippen molar-refractivity contribution in [2.24, 2.45) is 0 Å². The Morgan fingerprint density at radius 2 is 2.10 bits per heavy atom. The van der Waals surface area contributed by atoms with Gasteiger partial charge in [0.2, 0.25) is 5.91 Å². The van der Waals surface area contributed by atoms with Crippen molar-refractivity contribution in [3.63, 3.8) is 0 Å². The topological polar surface area (TPSA) is 56.1 Å². The van der Waals surface area contributed by atoms with Crippen LogP contribution in [0, 0.1) is 11.3 Å². The van der Waals surface area contributed by atoms with Crippen LogP contribution in [0.4, 0.5) is 0 Å². The van der Waals surface area contributed by atoms with Gasteiger partial charge < -0.3 is 10.2 Å². The fourth-order valence-electron chi connectivity index (χ4n) is 1.92. The highest BCUT2D eigenvalue weighted by atomic mass is 35.5. The molecule has 0 aliphatic carbocycles. The van der Waals surface area contributed by atoms with Gasteiger partial charge in [0.05, 0.1) is 17.7 Å². The van der Waals surface area contributed by atoms with Gasteiger partial charge in [0, 0.05) is 24.7 Å². The molecule has 20 heavy (non-hydrogen) atoms.